The van der Waals surface area contributed by atoms with E-state index in [9.17, 15) is 18.8 Å². The SMILES string of the molecule is COc1cc(OC(=O)c2cccc(C(C)=O)c2)ccc1-c1ccc2c(c1COc1cc(F)ccc1C)NC(=O)C(C)(C)N2. The predicted octanol–water partition coefficient (Wildman–Crippen LogP) is 6.95. The molecule has 0 bridgehead atoms. The Morgan fingerprint density at radius 3 is 2.40 bits per heavy atom. The number of Topliss-reactive ketones (excluding diaryl/α,β-unsaturated/α-hetero) is 1. The van der Waals surface area contributed by atoms with E-state index in [1.54, 1.807) is 56.3 Å². The number of nitrogens with one attached hydrogen (secondary N) is 2. The minimum Gasteiger partial charge on any atom is -0.496 e. The number of hydrogen-bond donors (Lipinski definition) is 2. The molecule has 0 saturated carbocycles. The monoisotopic (exact) mass is 582 g/mol. The molecular weight excluding hydrogens is 551 g/mol. The smallest absolute Gasteiger partial charge is 0.343 e. The lowest BCUT2D eigenvalue weighted by molar-refractivity contribution is -0.119. The van der Waals surface area contributed by atoms with E-state index in [0.717, 1.165) is 5.56 Å². The van der Waals surface area contributed by atoms with Crippen molar-refractivity contribution in [2.24, 2.45) is 0 Å². The van der Waals surface area contributed by atoms with Crippen LogP contribution in [0, 0.1) is 12.7 Å². The van der Waals surface area contributed by atoms with Gasteiger partial charge in [0.1, 0.15) is 35.2 Å². The fraction of sp³-hybridized carbons (Fsp3) is 0.206. The van der Waals surface area contributed by atoms with Gasteiger partial charge in [-0.05, 0) is 75.2 Å². The zero-order valence-corrected chi connectivity index (χ0v) is 24.5. The number of halogens is 1. The summed E-state index contributed by atoms with van der Waals surface area (Å²) in [6.07, 6.45) is 0. The lowest BCUT2D eigenvalue weighted by atomic mass is 9.92. The number of ether oxygens (including phenoxy) is 3. The second-order valence-corrected chi connectivity index (χ2v) is 10.8. The van der Waals surface area contributed by atoms with Crippen LogP contribution in [0.2, 0.25) is 0 Å². The van der Waals surface area contributed by atoms with E-state index in [4.69, 9.17) is 14.2 Å². The molecule has 0 unspecified atom stereocenters. The maximum atomic E-state index is 14.0. The highest BCUT2D eigenvalue weighted by atomic mass is 19.1. The van der Waals surface area contributed by atoms with Gasteiger partial charge in [0, 0.05) is 28.8 Å². The average Bonchev–Trinajstić information content (AvgIpc) is 2.98. The van der Waals surface area contributed by atoms with Crippen LogP contribution in [0.5, 0.6) is 17.2 Å². The van der Waals surface area contributed by atoms with Gasteiger partial charge in [-0.15, -0.1) is 0 Å². The largest absolute Gasteiger partial charge is 0.496 e. The second kappa shape index (κ2) is 11.6. The van der Waals surface area contributed by atoms with E-state index in [1.165, 1.54) is 32.2 Å². The summed E-state index contributed by atoms with van der Waals surface area (Å²) in [7, 11) is 1.50. The average molecular weight is 583 g/mol. The maximum absolute atomic E-state index is 14.0. The molecule has 2 N–H and O–H groups in total. The molecule has 1 aliphatic rings. The zero-order valence-electron chi connectivity index (χ0n) is 24.5. The van der Waals surface area contributed by atoms with Crippen molar-refractivity contribution in [3.63, 3.8) is 0 Å². The van der Waals surface area contributed by atoms with Crippen molar-refractivity contribution in [2.45, 2.75) is 39.8 Å². The molecule has 8 nitrogen and oxygen atoms in total. The summed E-state index contributed by atoms with van der Waals surface area (Å²) in [5, 5.41) is 6.28. The van der Waals surface area contributed by atoms with Gasteiger partial charge >= 0.3 is 5.97 Å². The number of aryl methyl sites for hydroxylation is 1. The number of carbonyl (C=O) groups excluding carboxylic acids is 3. The van der Waals surface area contributed by atoms with Gasteiger partial charge in [-0.3, -0.25) is 9.59 Å². The second-order valence-electron chi connectivity index (χ2n) is 10.8. The molecule has 0 radical (unpaired) electrons. The van der Waals surface area contributed by atoms with E-state index in [0.29, 0.717) is 45.1 Å². The number of rotatable bonds is 8. The van der Waals surface area contributed by atoms with Crippen LogP contribution in [0.4, 0.5) is 15.8 Å². The summed E-state index contributed by atoms with van der Waals surface area (Å²) in [5.41, 5.74) is 3.80. The number of esters is 1. The van der Waals surface area contributed by atoms with E-state index in [1.807, 2.05) is 19.1 Å². The molecule has 5 rings (SSSR count). The summed E-state index contributed by atoms with van der Waals surface area (Å²) in [4.78, 5) is 37.5. The van der Waals surface area contributed by atoms with Crippen molar-refractivity contribution >= 4 is 29.0 Å². The third-order valence-electron chi connectivity index (χ3n) is 7.27. The fourth-order valence-electron chi connectivity index (χ4n) is 4.83. The molecule has 1 amide bonds. The van der Waals surface area contributed by atoms with Crippen LogP contribution >= 0.6 is 0 Å². The van der Waals surface area contributed by atoms with Crippen LogP contribution in [0.1, 0.15) is 52.6 Å². The van der Waals surface area contributed by atoms with Crippen LogP contribution in [0.25, 0.3) is 11.1 Å². The highest BCUT2D eigenvalue weighted by Crippen LogP contribution is 2.43. The Kier molecular flexibility index (Phi) is 7.91. The number of fused-ring (bicyclic) bond motifs is 1. The molecule has 0 saturated heterocycles. The number of benzene rings is 4. The van der Waals surface area contributed by atoms with E-state index in [-0.39, 0.29) is 29.6 Å². The Hall–Kier alpha value is -5.18. The molecule has 1 heterocycles. The highest BCUT2D eigenvalue weighted by Gasteiger charge is 2.35. The topological polar surface area (TPSA) is 103 Å². The molecule has 4 aromatic carbocycles. The fourth-order valence-corrected chi connectivity index (χ4v) is 4.83. The van der Waals surface area contributed by atoms with Crippen LogP contribution < -0.4 is 24.8 Å². The number of amides is 1. The van der Waals surface area contributed by atoms with Crippen LogP contribution in [0.3, 0.4) is 0 Å². The van der Waals surface area contributed by atoms with Gasteiger partial charge in [0.15, 0.2) is 5.78 Å². The van der Waals surface area contributed by atoms with Gasteiger partial charge in [-0.2, -0.15) is 0 Å². The van der Waals surface area contributed by atoms with Crippen molar-refractivity contribution in [1.82, 2.24) is 0 Å². The first-order valence-corrected chi connectivity index (χ1v) is 13.6. The quantitative estimate of drug-likeness (QED) is 0.132. The zero-order chi connectivity index (χ0) is 30.9. The van der Waals surface area contributed by atoms with Crippen LogP contribution in [-0.2, 0) is 11.4 Å². The molecular formula is C34H31FN2O6. The van der Waals surface area contributed by atoms with Crippen molar-refractivity contribution in [3.8, 4) is 28.4 Å². The third-order valence-corrected chi connectivity index (χ3v) is 7.27. The highest BCUT2D eigenvalue weighted by molar-refractivity contribution is 6.07. The molecule has 0 aromatic heterocycles. The normalized spacial score (nSPS) is 13.3. The minimum atomic E-state index is -0.834. The molecule has 9 heteroatoms. The van der Waals surface area contributed by atoms with Crippen LogP contribution in [0.15, 0.2) is 72.8 Å². The first-order chi connectivity index (χ1) is 20.5. The predicted molar refractivity (Wildman–Crippen MR) is 162 cm³/mol. The van der Waals surface area contributed by atoms with Crippen molar-refractivity contribution < 1.29 is 33.0 Å². The Bertz CT molecular complexity index is 1760. The Balaban J connectivity index is 1.52. The number of hydrogen-bond acceptors (Lipinski definition) is 7. The summed E-state index contributed by atoms with van der Waals surface area (Å²) in [5.74, 6) is -0.406. The van der Waals surface area contributed by atoms with Gasteiger partial charge < -0.3 is 24.8 Å². The number of anilines is 2. The van der Waals surface area contributed by atoms with Gasteiger partial charge in [0.25, 0.3) is 0 Å². The first-order valence-electron chi connectivity index (χ1n) is 13.6. The van der Waals surface area contributed by atoms with Crippen molar-refractivity contribution in [3.05, 3.63) is 101 Å². The van der Waals surface area contributed by atoms with Crippen molar-refractivity contribution in [2.75, 3.05) is 17.7 Å². The molecule has 0 spiro atoms. The van der Waals surface area contributed by atoms with Crippen molar-refractivity contribution in [1.29, 1.82) is 0 Å². The van der Waals surface area contributed by atoms with Gasteiger partial charge in [-0.1, -0.05) is 24.3 Å². The van der Waals surface area contributed by atoms with Gasteiger partial charge in [-0.25, -0.2) is 9.18 Å². The number of carbonyl (C=O) groups is 3. The van der Waals surface area contributed by atoms with E-state index in [2.05, 4.69) is 10.6 Å². The number of ketones is 1. The Morgan fingerprint density at radius 2 is 1.65 bits per heavy atom. The maximum Gasteiger partial charge on any atom is 0.343 e. The summed E-state index contributed by atoms with van der Waals surface area (Å²) in [6.45, 7) is 6.82. The lowest BCUT2D eigenvalue weighted by Crippen LogP contribution is -2.47. The molecule has 0 fully saturated rings. The molecule has 0 atom stereocenters. The third kappa shape index (κ3) is 6.06. The minimum absolute atomic E-state index is 0.0115. The van der Waals surface area contributed by atoms with E-state index < -0.39 is 17.3 Å². The standard InChI is InChI=1S/C34H31FN2O6/c1-19-9-10-23(35)16-29(19)42-18-27-25(13-14-28-31(27)36-33(40)34(3,4)37-28)26-12-11-24(17-30(26)41-5)43-32(39)22-8-6-7-21(15-22)20(2)38/h6-17,37H,18H2,1-5H3,(H,36,40). The Morgan fingerprint density at radius 1 is 0.907 bits per heavy atom. The molecule has 4 aromatic rings. The van der Waals surface area contributed by atoms with E-state index >= 15 is 0 Å². The number of methoxy groups -OCH3 is 1. The summed E-state index contributed by atoms with van der Waals surface area (Å²) < 4.78 is 31.4. The summed E-state index contributed by atoms with van der Waals surface area (Å²) in [6, 6.07) is 19.3. The van der Waals surface area contributed by atoms with Gasteiger partial charge in [0.05, 0.1) is 24.0 Å². The molecule has 1 aliphatic heterocycles. The van der Waals surface area contributed by atoms with Gasteiger partial charge in [0.2, 0.25) is 5.91 Å². The Labute approximate surface area is 248 Å². The molecule has 220 valence electrons. The first kappa shape index (κ1) is 29.3. The summed E-state index contributed by atoms with van der Waals surface area (Å²) >= 11 is 0. The molecule has 0 aliphatic carbocycles. The molecule has 43 heavy (non-hydrogen) atoms. The lowest BCUT2D eigenvalue weighted by Gasteiger charge is -2.34. The van der Waals surface area contributed by atoms with Crippen LogP contribution in [-0.4, -0.2) is 30.3 Å².